The summed E-state index contributed by atoms with van der Waals surface area (Å²) in [6.07, 6.45) is 2.52. The number of hydrogen-bond acceptors (Lipinski definition) is 6. The summed E-state index contributed by atoms with van der Waals surface area (Å²) in [6, 6.07) is 7.74. The molecule has 1 unspecified atom stereocenters. The van der Waals surface area contributed by atoms with E-state index in [-0.39, 0.29) is 11.2 Å². The molecule has 0 bridgehead atoms. The fourth-order valence-corrected chi connectivity index (χ4v) is 4.58. The maximum atomic E-state index is 12.5. The van der Waals surface area contributed by atoms with Gasteiger partial charge in [0.15, 0.2) is 5.13 Å². The Balaban J connectivity index is 1.49. The van der Waals surface area contributed by atoms with E-state index in [9.17, 15) is 4.79 Å². The van der Waals surface area contributed by atoms with Gasteiger partial charge in [-0.25, -0.2) is 4.98 Å². The van der Waals surface area contributed by atoms with Crippen molar-refractivity contribution in [1.29, 1.82) is 0 Å². The monoisotopic (exact) mass is 405 g/mol. The molecule has 27 heavy (non-hydrogen) atoms. The number of aromatic nitrogens is 1. The van der Waals surface area contributed by atoms with Crippen molar-refractivity contribution in [2.24, 2.45) is 5.92 Å². The van der Waals surface area contributed by atoms with E-state index in [2.05, 4.69) is 27.5 Å². The number of likely N-dealkylation sites (tertiary alicyclic amines) is 1. The van der Waals surface area contributed by atoms with Crippen molar-refractivity contribution in [3.05, 3.63) is 35.3 Å². The number of benzene rings is 1. The minimum atomic E-state index is -0.200. The lowest BCUT2D eigenvalue weighted by molar-refractivity contribution is -0.115. The van der Waals surface area contributed by atoms with Crippen LogP contribution in [0, 0.1) is 5.92 Å². The Morgan fingerprint density at radius 3 is 2.74 bits per heavy atom. The highest BCUT2D eigenvalue weighted by molar-refractivity contribution is 8.00. The van der Waals surface area contributed by atoms with Crippen LogP contribution in [0.4, 0.5) is 5.13 Å². The third kappa shape index (κ3) is 5.96. The number of thioether (sulfide) groups is 1. The van der Waals surface area contributed by atoms with Crippen molar-refractivity contribution in [3.8, 4) is 5.75 Å². The number of nitrogens with one attached hydrogen (secondary N) is 1. The summed E-state index contributed by atoms with van der Waals surface area (Å²) in [4.78, 5) is 20.6. The summed E-state index contributed by atoms with van der Waals surface area (Å²) in [5.41, 5.74) is 1.04. The Labute approximate surface area is 169 Å². The van der Waals surface area contributed by atoms with Crippen LogP contribution in [0.25, 0.3) is 0 Å². The van der Waals surface area contributed by atoms with Gasteiger partial charge < -0.3 is 10.1 Å². The summed E-state index contributed by atoms with van der Waals surface area (Å²) >= 11 is 3.03. The number of nitrogens with zero attached hydrogens (tertiary/aromatic N) is 2. The zero-order chi connectivity index (χ0) is 19.2. The largest absolute Gasteiger partial charge is 0.497 e. The van der Waals surface area contributed by atoms with Crippen molar-refractivity contribution in [2.75, 3.05) is 25.5 Å². The standard InChI is InChI=1S/C20H27N3O2S2/c1-14-8-10-23(11-9-14)12-16-13-26-20(21-16)22-19(24)15(2)27-18-6-4-17(25-3)5-7-18/h4-7,13-15H,8-12H2,1-3H3,(H,21,22,24). The highest BCUT2D eigenvalue weighted by Gasteiger charge is 2.19. The second kappa shape index (κ2) is 9.57. The molecule has 2 aromatic rings. The van der Waals surface area contributed by atoms with Crippen molar-refractivity contribution >= 4 is 34.1 Å². The van der Waals surface area contributed by atoms with Crippen molar-refractivity contribution in [2.45, 2.75) is 43.4 Å². The van der Waals surface area contributed by atoms with E-state index in [1.807, 2.05) is 31.2 Å². The third-order valence-corrected chi connectivity index (χ3v) is 6.70. The number of amides is 1. The van der Waals surface area contributed by atoms with Gasteiger partial charge in [0.2, 0.25) is 5.91 Å². The number of ether oxygens (including phenoxy) is 1. The lowest BCUT2D eigenvalue weighted by atomic mass is 9.99. The average Bonchev–Trinajstić information content (AvgIpc) is 3.11. The van der Waals surface area contributed by atoms with Gasteiger partial charge in [-0.15, -0.1) is 23.1 Å². The predicted octanol–water partition coefficient (Wildman–Crippen LogP) is 4.50. The molecule has 3 rings (SSSR count). The van der Waals surface area contributed by atoms with E-state index < -0.39 is 0 Å². The van der Waals surface area contributed by atoms with Crippen LogP contribution in [-0.2, 0) is 11.3 Å². The number of carbonyl (C=O) groups is 1. The second-order valence-electron chi connectivity index (χ2n) is 7.03. The van der Waals surface area contributed by atoms with Crippen molar-refractivity contribution in [3.63, 3.8) is 0 Å². The molecular formula is C20H27N3O2S2. The minimum Gasteiger partial charge on any atom is -0.497 e. The van der Waals surface area contributed by atoms with Gasteiger partial charge in [-0.2, -0.15) is 0 Å². The topological polar surface area (TPSA) is 54.5 Å². The van der Waals surface area contributed by atoms with Crippen LogP contribution >= 0.6 is 23.1 Å². The molecule has 7 heteroatoms. The summed E-state index contributed by atoms with van der Waals surface area (Å²) < 4.78 is 5.16. The van der Waals surface area contributed by atoms with Crippen LogP contribution in [0.2, 0.25) is 0 Å². The Kier molecular flexibility index (Phi) is 7.15. The van der Waals surface area contributed by atoms with Crippen LogP contribution in [0.3, 0.4) is 0 Å². The number of thiazole rings is 1. The van der Waals surface area contributed by atoms with E-state index >= 15 is 0 Å². The molecule has 1 saturated heterocycles. The number of rotatable bonds is 7. The summed E-state index contributed by atoms with van der Waals surface area (Å²) in [5.74, 6) is 1.62. The lowest BCUT2D eigenvalue weighted by Gasteiger charge is -2.29. The Morgan fingerprint density at radius 2 is 2.07 bits per heavy atom. The molecule has 1 amide bonds. The van der Waals surface area contributed by atoms with Crippen molar-refractivity contribution in [1.82, 2.24) is 9.88 Å². The molecular weight excluding hydrogens is 378 g/mol. The number of anilines is 1. The van der Waals surface area contributed by atoms with E-state index in [4.69, 9.17) is 4.74 Å². The van der Waals surface area contributed by atoms with Gasteiger partial charge in [-0.05, 0) is 63.0 Å². The van der Waals surface area contributed by atoms with Crippen LogP contribution in [0.1, 0.15) is 32.4 Å². The molecule has 1 aliphatic heterocycles. The van der Waals surface area contributed by atoms with Crippen LogP contribution in [-0.4, -0.2) is 41.2 Å². The van der Waals surface area contributed by atoms with Gasteiger partial charge in [-0.3, -0.25) is 9.69 Å². The first kappa shape index (κ1) is 20.2. The zero-order valence-corrected chi connectivity index (χ0v) is 17.7. The molecule has 146 valence electrons. The lowest BCUT2D eigenvalue weighted by Crippen LogP contribution is -2.32. The summed E-state index contributed by atoms with van der Waals surface area (Å²) in [5, 5.41) is 5.49. The quantitative estimate of drug-likeness (QED) is 0.687. The molecule has 1 aromatic heterocycles. The van der Waals surface area contributed by atoms with Gasteiger partial charge in [0, 0.05) is 16.8 Å². The van der Waals surface area contributed by atoms with E-state index in [1.165, 1.54) is 35.9 Å². The fourth-order valence-electron chi connectivity index (χ4n) is 3.01. The highest BCUT2D eigenvalue weighted by Crippen LogP contribution is 2.27. The summed E-state index contributed by atoms with van der Waals surface area (Å²) in [7, 11) is 1.65. The Bertz CT molecular complexity index is 740. The smallest absolute Gasteiger partial charge is 0.239 e. The molecule has 1 aliphatic rings. The SMILES string of the molecule is COc1ccc(SC(C)C(=O)Nc2nc(CN3CCC(C)CC3)cs2)cc1. The van der Waals surface area contributed by atoms with E-state index in [0.29, 0.717) is 5.13 Å². The number of carbonyl (C=O) groups excluding carboxylic acids is 1. The molecule has 0 aliphatic carbocycles. The van der Waals surface area contributed by atoms with Gasteiger partial charge in [-0.1, -0.05) is 6.92 Å². The zero-order valence-electron chi connectivity index (χ0n) is 16.1. The molecule has 5 nitrogen and oxygen atoms in total. The molecule has 2 heterocycles. The fraction of sp³-hybridized carbons (Fsp3) is 0.500. The first-order valence-electron chi connectivity index (χ1n) is 9.32. The first-order valence-corrected chi connectivity index (χ1v) is 11.1. The normalized spacial score (nSPS) is 16.9. The highest BCUT2D eigenvalue weighted by atomic mass is 32.2. The molecule has 0 spiro atoms. The van der Waals surface area contributed by atoms with Crippen LogP contribution in [0.15, 0.2) is 34.5 Å². The maximum Gasteiger partial charge on any atom is 0.239 e. The molecule has 0 radical (unpaired) electrons. The molecule has 1 aromatic carbocycles. The van der Waals surface area contributed by atoms with Crippen molar-refractivity contribution < 1.29 is 9.53 Å². The summed E-state index contributed by atoms with van der Waals surface area (Å²) in [6.45, 7) is 7.37. The second-order valence-corrected chi connectivity index (χ2v) is 9.30. The third-order valence-electron chi connectivity index (χ3n) is 4.79. The van der Waals surface area contributed by atoms with Gasteiger partial charge in [0.1, 0.15) is 5.75 Å². The average molecular weight is 406 g/mol. The van der Waals surface area contributed by atoms with Crippen LogP contribution in [0.5, 0.6) is 5.75 Å². The first-order chi connectivity index (χ1) is 13.0. The number of hydrogen-bond donors (Lipinski definition) is 1. The van der Waals surface area contributed by atoms with E-state index in [0.717, 1.165) is 41.9 Å². The van der Waals surface area contributed by atoms with Gasteiger partial charge in [0.05, 0.1) is 18.1 Å². The van der Waals surface area contributed by atoms with Gasteiger partial charge >= 0.3 is 0 Å². The molecule has 0 saturated carbocycles. The molecule has 1 fully saturated rings. The Morgan fingerprint density at radius 1 is 1.37 bits per heavy atom. The van der Waals surface area contributed by atoms with Crippen LogP contribution < -0.4 is 10.1 Å². The van der Waals surface area contributed by atoms with E-state index in [1.54, 1.807) is 7.11 Å². The molecule has 1 atom stereocenters. The Hall–Kier alpha value is -1.57. The number of piperidine rings is 1. The number of methoxy groups -OCH3 is 1. The molecule has 1 N–H and O–H groups in total. The minimum absolute atomic E-state index is 0.0245. The predicted molar refractivity (Wildman–Crippen MR) is 113 cm³/mol. The maximum absolute atomic E-state index is 12.5. The van der Waals surface area contributed by atoms with Gasteiger partial charge in [0.25, 0.3) is 0 Å².